The van der Waals surface area contributed by atoms with E-state index in [1.54, 1.807) is 6.07 Å². The van der Waals surface area contributed by atoms with Gasteiger partial charge in [-0.3, -0.25) is 13.9 Å². The summed E-state index contributed by atoms with van der Waals surface area (Å²) in [4.78, 5) is 28.4. The van der Waals surface area contributed by atoms with Crippen molar-refractivity contribution in [3.63, 3.8) is 0 Å². The van der Waals surface area contributed by atoms with E-state index >= 15 is 0 Å². The number of carbonyl (C=O) groups excluding carboxylic acids is 2. The van der Waals surface area contributed by atoms with Crippen LogP contribution in [0.3, 0.4) is 0 Å². The molecule has 9 nitrogen and oxygen atoms in total. The molecule has 3 heterocycles. The van der Waals surface area contributed by atoms with Crippen molar-refractivity contribution >= 4 is 38.5 Å². The van der Waals surface area contributed by atoms with Gasteiger partial charge in [0.1, 0.15) is 17.2 Å². The van der Waals surface area contributed by atoms with Crippen LogP contribution < -0.4 is 9.62 Å². The van der Waals surface area contributed by atoms with Gasteiger partial charge in [0.15, 0.2) is 0 Å². The molecule has 3 aliphatic rings. The molecule has 2 aliphatic heterocycles. The van der Waals surface area contributed by atoms with Crippen molar-refractivity contribution in [1.29, 1.82) is 0 Å². The van der Waals surface area contributed by atoms with E-state index in [0.717, 1.165) is 24.7 Å². The first-order valence-corrected chi connectivity index (χ1v) is 15.3. The van der Waals surface area contributed by atoms with Gasteiger partial charge in [0.2, 0.25) is 15.9 Å². The highest BCUT2D eigenvalue weighted by molar-refractivity contribution is 7.92. The average molecular weight is 570 g/mol. The number of nitrogens with zero attached hydrogens (tertiary/aromatic N) is 2. The van der Waals surface area contributed by atoms with Crippen LogP contribution in [0.5, 0.6) is 0 Å². The second-order valence-corrected chi connectivity index (χ2v) is 13.1. The van der Waals surface area contributed by atoms with Crippen molar-refractivity contribution in [2.75, 3.05) is 51.0 Å². The lowest BCUT2D eigenvalue weighted by molar-refractivity contribution is -0.135. The molecule has 6 rings (SSSR count). The third-order valence-electron chi connectivity index (χ3n) is 8.64. The highest BCUT2D eigenvalue weighted by Gasteiger charge is 2.59. The summed E-state index contributed by atoms with van der Waals surface area (Å²) in [5, 5.41) is 3.18. The van der Waals surface area contributed by atoms with Crippen molar-refractivity contribution in [2.45, 2.75) is 18.8 Å². The fourth-order valence-electron chi connectivity index (χ4n) is 6.33. The monoisotopic (exact) mass is 569 g/mol. The molecule has 2 amide bonds. The first kappa shape index (κ1) is 26.8. The van der Waals surface area contributed by atoms with Crippen LogP contribution in [0.25, 0.3) is 22.3 Å². The maximum atomic E-state index is 13.6. The molecule has 2 aromatic carbocycles. The lowest BCUT2D eigenvalue weighted by Gasteiger charge is -2.35. The molecule has 3 aromatic rings. The van der Waals surface area contributed by atoms with Crippen LogP contribution in [-0.2, 0) is 19.6 Å². The van der Waals surface area contributed by atoms with Crippen molar-refractivity contribution in [2.24, 2.45) is 17.8 Å². The smallest absolute Gasteiger partial charge is 0.255 e. The van der Waals surface area contributed by atoms with Crippen LogP contribution in [0.1, 0.15) is 34.7 Å². The fourth-order valence-corrected chi connectivity index (χ4v) is 6.85. The molecule has 2 saturated heterocycles. The van der Waals surface area contributed by atoms with Gasteiger partial charge in [-0.25, -0.2) is 12.8 Å². The number of furan rings is 1. The summed E-state index contributed by atoms with van der Waals surface area (Å²) in [6.07, 6.45) is 2.68. The number of carbonyl (C=O) groups is 2. The maximum Gasteiger partial charge on any atom is 0.255 e. The number of hydrogen-bond donors (Lipinski definition) is 1. The van der Waals surface area contributed by atoms with Crippen LogP contribution >= 0.6 is 0 Å². The zero-order chi connectivity index (χ0) is 28.3. The summed E-state index contributed by atoms with van der Waals surface area (Å²) >= 11 is 0. The normalized spacial score (nSPS) is 24.1. The Bertz CT molecular complexity index is 1590. The first-order valence-electron chi connectivity index (χ1n) is 13.5. The second-order valence-electron chi connectivity index (χ2n) is 11.0. The largest absolute Gasteiger partial charge is 0.455 e. The molecule has 3 atom stereocenters. The van der Waals surface area contributed by atoms with Gasteiger partial charge in [-0.05, 0) is 60.6 Å². The van der Waals surface area contributed by atoms with Crippen molar-refractivity contribution in [3.05, 3.63) is 53.3 Å². The lowest BCUT2D eigenvalue weighted by Crippen LogP contribution is -2.41. The van der Waals surface area contributed by atoms with Gasteiger partial charge >= 0.3 is 0 Å². The summed E-state index contributed by atoms with van der Waals surface area (Å²) in [6, 6.07) is 9.12. The summed E-state index contributed by atoms with van der Waals surface area (Å²) in [5.41, 5.74) is 2.31. The predicted octanol–water partition coefficient (Wildman–Crippen LogP) is 3.59. The van der Waals surface area contributed by atoms with Crippen molar-refractivity contribution in [3.8, 4) is 11.3 Å². The van der Waals surface area contributed by atoms with E-state index in [0.29, 0.717) is 60.4 Å². The third kappa shape index (κ3) is 4.54. The third-order valence-corrected chi connectivity index (χ3v) is 9.84. The summed E-state index contributed by atoms with van der Waals surface area (Å²) < 4.78 is 51.8. The van der Waals surface area contributed by atoms with Crippen LogP contribution in [0.4, 0.5) is 10.1 Å². The van der Waals surface area contributed by atoms with E-state index in [-0.39, 0.29) is 35.0 Å². The number of hydrogen-bond acceptors (Lipinski definition) is 6. The highest BCUT2D eigenvalue weighted by atomic mass is 32.2. The fraction of sp³-hybridized carbons (Fsp3) is 0.448. The van der Waals surface area contributed by atoms with E-state index in [4.69, 9.17) is 9.15 Å². The van der Waals surface area contributed by atoms with Crippen molar-refractivity contribution < 1.29 is 31.6 Å². The number of nitrogens with one attached hydrogen (secondary N) is 1. The highest BCUT2D eigenvalue weighted by Crippen LogP contribution is 2.52. The molecule has 1 aromatic heterocycles. The quantitative estimate of drug-likeness (QED) is 0.486. The molecule has 0 radical (unpaired) electrons. The molecule has 212 valence electrons. The molecule has 1 aliphatic carbocycles. The molecule has 2 unspecified atom stereocenters. The van der Waals surface area contributed by atoms with Gasteiger partial charge in [-0.15, -0.1) is 0 Å². The Morgan fingerprint density at radius 1 is 1.12 bits per heavy atom. The molecular weight excluding hydrogens is 537 g/mol. The van der Waals surface area contributed by atoms with Crippen LogP contribution in [-0.4, -0.2) is 71.8 Å². The van der Waals surface area contributed by atoms with Crippen molar-refractivity contribution in [1.82, 2.24) is 10.2 Å². The number of fused-ring (bicyclic) bond motifs is 2. The number of benzene rings is 2. The van der Waals surface area contributed by atoms with Crippen LogP contribution in [0.15, 0.2) is 40.8 Å². The van der Waals surface area contributed by atoms with Gasteiger partial charge < -0.3 is 19.4 Å². The van der Waals surface area contributed by atoms with E-state index in [2.05, 4.69) is 5.32 Å². The molecule has 0 bridgehead atoms. The van der Waals surface area contributed by atoms with E-state index in [1.807, 2.05) is 11.0 Å². The Hall–Kier alpha value is -3.44. The number of ether oxygens (including phenoxy) is 1. The Balaban J connectivity index is 1.45. The van der Waals surface area contributed by atoms with Gasteiger partial charge in [0.25, 0.3) is 5.91 Å². The van der Waals surface area contributed by atoms with Gasteiger partial charge in [0.05, 0.1) is 30.7 Å². The summed E-state index contributed by atoms with van der Waals surface area (Å²) in [7, 11) is -0.628. The minimum atomic E-state index is -3.63. The van der Waals surface area contributed by atoms with Crippen LogP contribution in [0, 0.1) is 23.6 Å². The number of anilines is 1. The molecule has 11 heteroatoms. The summed E-state index contributed by atoms with van der Waals surface area (Å²) in [6.45, 7) is 2.40. The average Bonchev–Trinajstić information content (AvgIpc) is 3.23. The topological polar surface area (TPSA) is 109 Å². The SMILES string of the molecule is CNC(=O)c1c(-c2ccc(F)cc2)oc2cc(N(C)S(C)(=O)=O)c([C@@H]3CCCN(C(=O)C4C5COCC54)C3)cc12. The predicted molar refractivity (Wildman–Crippen MR) is 148 cm³/mol. The second kappa shape index (κ2) is 9.88. The van der Waals surface area contributed by atoms with Gasteiger partial charge in [-0.2, -0.15) is 0 Å². The molecule has 1 N–H and O–H groups in total. The van der Waals surface area contributed by atoms with E-state index in [9.17, 15) is 22.4 Å². The van der Waals surface area contributed by atoms with E-state index < -0.39 is 15.8 Å². The molecule has 1 saturated carbocycles. The maximum absolute atomic E-state index is 13.6. The van der Waals surface area contributed by atoms with Gasteiger partial charge in [-0.1, -0.05) is 0 Å². The number of halogens is 1. The van der Waals surface area contributed by atoms with Gasteiger partial charge in [0, 0.05) is 56.0 Å². The Morgan fingerprint density at radius 3 is 2.48 bits per heavy atom. The molecule has 3 fully saturated rings. The number of sulfonamides is 1. The number of rotatable bonds is 6. The lowest BCUT2D eigenvalue weighted by atomic mass is 9.87. The molecule has 40 heavy (non-hydrogen) atoms. The van der Waals surface area contributed by atoms with E-state index in [1.165, 1.54) is 42.7 Å². The molecular formula is C29H32FN3O6S. The Labute approximate surface area is 232 Å². The number of amides is 2. The first-order chi connectivity index (χ1) is 19.1. The molecule has 0 spiro atoms. The zero-order valence-corrected chi connectivity index (χ0v) is 23.5. The number of piperidine rings is 1. The zero-order valence-electron chi connectivity index (χ0n) is 22.6. The summed E-state index contributed by atoms with van der Waals surface area (Å²) in [5.74, 6) is 0.107. The Kier molecular flexibility index (Phi) is 6.61. The minimum absolute atomic E-state index is 0.0140. The Morgan fingerprint density at radius 2 is 1.82 bits per heavy atom. The minimum Gasteiger partial charge on any atom is -0.455 e. The standard InChI is InChI=1S/C29H32FN3O6S/c1-31-28(34)26-20-11-19(17-5-4-10-33(13-17)29(35)25-21-14-38-15-22(21)25)23(32(2)40(3,36)37)12-24(20)39-27(26)16-6-8-18(30)9-7-16/h6-9,11-12,17,21-22,25H,4-5,10,13-15H2,1-3H3,(H,31,34)/t17-,21?,22?,25?/m1/s1. The number of likely N-dealkylation sites (tertiary alicyclic amines) is 1. The van der Waals surface area contributed by atoms with Crippen LogP contribution in [0.2, 0.25) is 0 Å².